The minimum Gasteiger partial charge on any atom is -0.497 e. The number of carbonyl (C=O) groups excluding carboxylic acids is 2. The van der Waals surface area contributed by atoms with Crippen LogP contribution in [0.5, 0.6) is 5.75 Å². The SMILES string of the molecule is COc1ccc(CCNC(=O)C(NC(=O)c2ccccc2)C(C)C)cc1. The monoisotopic (exact) mass is 354 g/mol. The Kier molecular flexibility index (Phi) is 7.21. The van der Waals surface area contributed by atoms with E-state index in [9.17, 15) is 9.59 Å². The van der Waals surface area contributed by atoms with Gasteiger partial charge in [0, 0.05) is 12.1 Å². The van der Waals surface area contributed by atoms with Crippen LogP contribution >= 0.6 is 0 Å². The Hall–Kier alpha value is -2.82. The van der Waals surface area contributed by atoms with Crippen LogP contribution in [-0.2, 0) is 11.2 Å². The van der Waals surface area contributed by atoms with Gasteiger partial charge in [0.15, 0.2) is 0 Å². The second-order valence-electron chi connectivity index (χ2n) is 6.45. The summed E-state index contributed by atoms with van der Waals surface area (Å²) in [6, 6.07) is 16.1. The summed E-state index contributed by atoms with van der Waals surface area (Å²) in [5.74, 6) is 0.386. The molecule has 138 valence electrons. The average Bonchev–Trinajstić information content (AvgIpc) is 2.66. The molecule has 0 aliphatic rings. The van der Waals surface area contributed by atoms with E-state index in [1.54, 1.807) is 31.4 Å². The third-order valence-electron chi connectivity index (χ3n) is 4.14. The maximum Gasteiger partial charge on any atom is 0.251 e. The van der Waals surface area contributed by atoms with Crippen LogP contribution in [0.25, 0.3) is 0 Å². The van der Waals surface area contributed by atoms with Crippen LogP contribution in [0.4, 0.5) is 0 Å². The number of nitrogens with one attached hydrogen (secondary N) is 2. The van der Waals surface area contributed by atoms with Gasteiger partial charge in [-0.05, 0) is 42.2 Å². The van der Waals surface area contributed by atoms with Crippen molar-refractivity contribution in [2.45, 2.75) is 26.3 Å². The number of hydrogen-bond donors (Lipinski definition) is 2. The number of methoxy groups -OCH3 is 1. The fourth-order valence-corrected chi connectivity index (χ4v) is 2.58. The molecule has 0 heterocycles. The quantitative estimate of drug-likeness (QED) is 0.766. The predicted molar refractivity (Wildman–Crippen MR) is 102 cm³/mol. The normalized spacial score (nSPS) is 11.7. The fourth-order valence-electron chi connectivity index (χ4n) is 2.58. The molecule has 2 rings (SSSR count). The highest BCUT2D eigenvalue weighted by molar-refractivity contribution is 5.97. The van der Waals surface area contributed by atoms with E-state index >= 15 is 0 Å². The van der Waals surface area contributed by atoms with Crippen molar-refractivity contribution in [2.75, 3.05) is 13.7 Å². The first-order valence-electron chi connectivity index (χ1n) is 8.78. The molecule has 0 radical (unpaired) electrons. The highest BCUT2D eigenvalue weighted by Gasteiger charge is 2.24. The molecule has 0 spiro atoms. The molecule has 0 aliphatic heterocycles. The van der Waals surface area contributed by atoms with Crippen LogP contribution in [0.1, 0.15) is 29.8 Å². The molecule has 2 amide bonds. The van der Waals surface area contributed by atoms with Crippen molar-refractivity contribution in [3.8, 4) is 5.75 Å². The lowest BCUT2D eigenvalue weighted by molar-refractivity contribution is -0.123. The lowest BCUT2D eigenvalue weighted by Gasteiger charge is -2.21. The molecule has 2 aromatic carbocycles. The Morgan fingerprint density at radius 3 is 2.23 bits per heavy atom. The van der Waals surface area contributed by atoms with Crippen molar-refractivity contribution in [1.29, 1.82) is 0 Å². The zero-order valence-corrected chi connectivity index (χ0v) is 15.5. The number of ether oxygens (including phenoxy) is 1. The minimum absolute atomic E-state index is 0.0105. The van der Waals surface area contributed by atoms with Gasteiger partial charge in [0.05, 0.1) is 7.11 Å². The van der Waals surface area contributed by atoms with E-state index < -0.39 is 6.04 Å². The standard InChI is InChI=1S/C21H26N2O3/c1-15(2)19(23-20(24)17-7-5-4-6-8-17)21(25)22-14-13-16-9-11-18(26-3)12-10-16/h4-12,15,19H,13-14H2,1-3H3,(H,22,25)(H,23,24). The van der Waals surface area contributed by atoms with Crippen LogP contribution in [0, 0.1) is 5.92 Å². The molecule has 0 bridgehead atoms. The van der Waals surface area contributed by atoms with Crippen molar-refractivity contribution in [2.24, 2.45) is 5.92 Å². The van der Waals surface area contributed by atoms with Crippen LogP contribution < -0.4 is 15.4 Å². The van der Waals surface area contributed by atoms with Gasteiger partial charge in [-0.2, -0.15) is 0 Å². The van der Waals surface area contributed by atoms with Gasteiger partial charge in [0.25, 0.3) is 5.91 Å². The maximum absolute atomic E-state index is 12.5. The van der Waals surface area contributed by atoms with Crippen LogP contribution in [-0.4, -0.2) is 31.5 Å². The van der Waals surface area contributed by atoms with Gasteiger partial charge < -0.3 is 15.4 Å². The molecule has 1 unspecified atom stereocenters. The molecule has 26 heavy (non-hydrogen) atoms. The fraction of sp³-hybridized carbons (Fsp3) is 0.333. The molecule has 0 saturated carbocycles. The first-order chi connectivity index (χ1) is 12.5. The zero-order chi connectivity index (χ0) is 18.9. The van der Waals surface area contributed by atoms with Gasteiger partial charge in [-0.3, -0.25) is 9.59 Å². The second kappa shape index (κ2) is 9.61. The molecule has 5 heteroatoms. The Morgan fingerprint density at radius 1 is 1.00 bits per heavy atom. The van der Waals surface area contributed by atoms with Gasteiger partial charge in [0.1, 0.15) is 11.8 Å². The van der Waals surface area contributed by atoms with Crippen LogP contribution in [0.3, 0.4) is 0 Å². The maximum atomic E-state index is 12.5. The number of amides is 2. The number of rotatable bonds is 8. The van der Waals surface area contributed by atoms with E-state index in [4.69, 9.17) is 4.74 Å². The first kappa shape index (κ1) is 19.5. The molecule has 0 fully saturated rings. The van der Waals surface area contributed by atoms with E-state index in [1.165, 1.54) is 0 Å². The van der Waals surface area contributed by atoms with Crippen molar-refractivity contribution in [3.63, 3.8) is 0 Å². The van der Waals surface area contributed by atoms with E-state index in [1.807, 2.05) is 44.2 Å². The third kappa shape index (κ3) is 5.62. The Labute approximate surface area is 154 Å². The summed E-state index contributed by atoms with van der Waals surface area (Å²) in [7, 11) is 1.63. The molecule has 0 saturated heterocycles. The summed E-state index contributed by atoms with van der Waals surface area (Å²) in [5.41, 5.74) is 1.66. The summed E-state index contributed by atoms with van der Waals surface area (Å²) >= 11 is 0. The lowest BCUT2D eigenvalue weighted by atomic mass is 10.0. The van der Waals surface area contributed by atoms with Crippen LogP contribution in [0.2, 0.25) is 0 Å². The van der Waals surface area contributed by atoms with Gasteiger partial charge in [0.2, 0.25) is 5.91 Å². The van der Waals surface area contributed by atoms with E-state index in [0.29, 0.717) is 18.5 Å². The van der Waals surface area contributed by atoms with E-state index in [2.05, 4.69) is 10.6 Å². The molecule has 5 nitrogen and oxygen atoms in total. The third-order valence-corrected chi connectivity index (χ3v) is 4.14. The summed E-state index contributed by atoms with van der Waals surface area (Å²) in [6.07, 6.45) is 0.715. The van der Waals surface area contributed by atoms with Crippen molar-refractivity contribution in [3.05, 3.63) is 65.7 Å². The van der Waals surface area contributed by atoms with E-state index in [-0.39, 0.29) is 17.7 Å². The summed E-state index contributed by atoms with van der Waals surface area (Å²) in [4.78, 5) is 24.8. The van der Waals surface area contributed by atoms with Gasteiger partial charge in [-0.25, -0.2) is 0 Å². The molecular formula is C21H26N2O3. The van der Waals surface area contributed by atoms with Crippen molar-refractivity contribution >= 4 is 11.8 Å². The van der Waals surface area contributed by atoms with Gasteiger partial charge in [-0.1, -0.05) is 44.2 Å². The topological polar surface area (TPSA) is 67.4 Å². The first-order valence-corrected chi connectivity index (χ1v) is 8.78. The smallest absolute Gasteiger partial charge is 0.251 e. The minimum atomic E-state index is -0.571. The van der Waals surface area contributed by atoms with Crippen LogP contribution in [0.15, 0.2) is 54.6 Å². The Morgan fingerprint density at radius 2 is 1.65 bits per heavy atom. The average molecular weight is 354 g/mol. The van der Waals surface area contributed by atoms with E-state index in [0.717, 1.165) is 11.3 Å². The van der Waals surface area contributed by atoms with Crippen molar-refractivity contribution < 1.29 is 14.3 Å². The van der Waals surface area contributed by atoms with Gasteiger partial charge >= 0.3 is 0 Å². The molecule has 0 aromatic heterocycles. The summed E-state index contributed by atoms with van der Waals surface area (Å²) in [5, 5.41) is 5.74. The number of carbonyl (C=O) groups is 2. The molecule has 2 aromatic rings. The molecule has 0 aliphatic carbocycles. The highest BCUT2D eigenvalue weighted by Crippen LogP contribution is 2.11. The predicted octanol–water partition coefficient (Wildman–Crippen LogP) is 2.81. The molecular weight excluding hydrogens is 328 g/mol. The highest BCUT2D eigenvalue weighted by atomic mass is 16.5. The summed E-state index contributed by atoms with van der Waals surface area (Å²) in [6.45, 7) is 4.34. The lowest BCUT2D eigenvalue weighted by Crippen LogP contribution is -2.50. The summed E-state index contributed by atoms with van der Waals surface area (Å²) < 4.78 is 5.13. The Bertz CT molecular complexity index is 712. The van der Waals surface area contributed by atoms with Crippen molar-refractivity contribution in [1.82, 2.24) is 10.6 Å². The molecule has 2 N–H and O–H groups in total. The Balaban J connectivity index is 1.88. The number of hydrogen-bond acceptors (Lipinski definition) is 3. The molecule has 1 atom stereocenters. The largest absolute Gasteiger partial charge is 0.497 e. The van der Waals surface area contributed by atoms with Gasteiger partial charge in [-0.15, -0.1) is 0 Å². The second-order valence-corrected chi connectivity index (χ2v) is 6.45. The zero-order valence-electron chi connectivity index (χ0n) is 15.5. The number of benzene rings is 2.